The number of fused-ring (bicyclic) bond motifs is 3. The van der Waals surface area contributed by atoms with Crippen LogP contribution in [0.3, 0.4) is 0 Å². The summed E-state index contributed by atoms with van der Waals surface area (Å²) < 4.78 is 6.15. The normalized spacial score (nSPS) is 11.8. The first-order chi connectivity index (χ1) is 14.5. The molecule has 0 saturated heterocycles. The molecule has 0 fully saturated rings. The Morgan fingerprint density at radius 3 is 2.07 bits per heavy atom. The van der Waals surface area contributed by atoms with Crippen molar-refractivity contribution in [2.45, 2.75) is 26.2 Å². The molecular formula is C28H25NO. The van der Waals surface area contributed by atoms with Crippen molar-refractivity contribution in [3.63, 3.8) is 0 Å². The van der Waals surface area contributed by atoms with Crippen molar-refractivity contribution in [2.75, 3.05) is 5.32 Å². The second kappa shape index (κ2) is 7.07. The average Bonchev–Trinajstić information content (AvgIpc) is 3.11. The average molecular weight is 392 g/mol. The minimum absolute atomic E-state index is 0.157. The van der Waals surface area contributed by atoms with E-state index in [0.29, 0.717) is 0 Å². The van der Waals surface area contributed by atoms with Crippen LogP contribution in [0.4, 0.5) is 11.4 Å². The molecule has 0 unspecified atom stereocenters. The summed E-state index contributed by atoms with van der Waals surface area (Å²) in [6.45, 7) is 6.69. The molecule has 1 heterocycles. The molecule has 0 aliphatic heterocycles. The van der Waals surface area contributed by atoms with Crippen LogP contribution in [-0.2, 0) is 5.41 Å². The lowest BCUT2D eigenvalue weighted by molar-refractivity contribution is 0.590. The van der Waals surface area contributed by atoms with Gasteiger partial charge in [0.25, 0.3) is 0 Å². The molecule has 0 aliphatic rings. The zero-order chi connectivity index (χ0) is 20.7. The number of nitrogens with one attached hydrogen (secondary N) is 1. The smallest absolute Gasteiger partial charge is 0.137 e. The lowest BCUT2D eigenvalue weighted by atomic mass is 9.87. The van der Waals surface area contributed by atoms with Crippen LogP contribution in [0.25, 0.3) is 33.1 Å². The van der Waals surface area contributed by atoms with Gasteiger partial charge in [0.1, 0.15) is 11.2 Å². The van der Waals surface area contributed by atoms with E-state index in [0.717, 1.165) is 33.3 Å². The van der Waals surface area contributed by atoms with Gasteiger partial charge in [0, 0.05) is 28.2 Å². The van der Waals surface area contributed by atoms with Gasteiger partial charge in [0.2, 0.25) is 0 Å². The van der Waals surface area contributed by atoms with Gasteiger partial charge in [0.15, 0.2) is 0 Å². The molecule has 0 saturated carbocycles. The molecule has 30 heavy (non-hydrogen) atoms. The van der Waals surface area contributed by atoms with E-state index in [4.69, 9.17) is 4.42 Å². The topological polar surface area (TPSA) is 25.2 Å². The summed E-state index contributed by atoms with van der Waals surface area (Å²) in [5.41, 5.74) is 7.80. The van der Waals surface area contributed by atoms with Crippen LogP contribution in [0.2, 0.25) is 0 Å². The van der Waals surface area contributed by atoms with E-state index in [1.165, 1.54) is 16.7 Å². The Morgan fingerprint density at radius 1 is 0.600 bits per heavy atom. The Morgan fingerprint density at radius 2 is 1.33 bits per heavy atom. The van der Waals surface area contributed by atoms with Crippen LogP contribution in [0.5, 0.6) is 0 Å². The van der Waals surface area contributed by atoms with Gasteiger partial charge >= 0.3 is 0 Å². The third-order valence-corrected chi connectivity index (χ3v) is 5.62. The fourth-order valence-electron chi connectivity index (χ4n) is 3.89. The SMILES string of the molecule is CC(C)(C)c1ccc(Nc2ccc3c(c2)oc2ccc(-c4ccccc4)cc23)cc1. The maximum Gasteiger partial charge on any atom is 0.137 e. The first-order valence-electron chi connectivity index (χ1n) is 10.4. The van der Waals surface area contributed by atoms with Gasteiger partial charge in [-0.25, -0.2) is 0 Å². The van der Waals surface area contributed by atoms with Gasteiger partial charge < -0.3 is 9.73 Å². The number of hydrogen-bond donors (Lipinski definition) is 1. The van der Waals surface area contributed by atoms with E-state index in [9.17, 15) is 0 Å². The van der Waals surface area contributed by atoms with Crippen LogP contribution >= 0.6 is 0 Å². The highest BCUT2D eigenvalue weighted by Crippen LogP contribution is 2.34. The van der Waals surface area contributed by atoms with E-state index in [2.05, 4.69) is 111 Å². The summed E-state index contributed by atoms with van der Waals surface area (Å²) in [5.74, 6) is 0. The highest BCUT2D eigenvalue weighted by atomic mass is 16.3. The first kappa shape index (κ1) is 18.5. The fraction of sp³-hybridized carbons (Fsp3) is 0.143. The summed E-state index contributed by atoms with van der Waals surface area (Å²) in [4.78, 5) is 0. The minimum atomic E-state index is 0.157. The number of furan rings is 1. The van der Waals surface area contributed by atoms with Gasteiger partial charge in [-0.05, 0) is 58.5 Å². The molecule has 0 atom stereocenters. The van der Waals surface area contributed by atoms with Crippen LogP contribution in [0.1, 0.15) is 26.3 Å². The monoisotopic (exact) mass is 391 g/mol. The largest absolute Gasteiger partial charge is 0.456 e. The second-order valence-electron chi connectivity index (χ2n) is 8.84. The molecule has 0 aliphatic carbocycles. The summed E-state index contributed by atoms with van der Waals surface area (Å²) in [6.07, 6.45) is 0. The lowest BCUT2D eigenvalue weighted by Gasteiger charge is -2.19. The summed E-state index contributed by atoms with van der Waals surface area (Å²) in [5, 5.41) is 5.78. The zero-order valence-corrected chi connectivity index (χ0v) is 17.6. The standard InChI is InChI=1S/C28H25NO/c1-28(2,3)21-10-12-22(13-11-21)29-23-14-15-24-25-17-20(19-7-5-4-6-8-19)9-16-26(25)30-27(24)18-23/h4-18,29H,1-3H3. The van der Waals surface area contributed by atoms with Crippen molar-refractivity contribution in [1.82, 2.24) is 0 Å². The molecule has 5 rings (SSSR count). The maximum absolute atomic E-state index is 6.15. The van der Waals surface area contributed by atoms with Crippen molar-refractivity contribution in [3.8, 4) is 11.1 Å². The van der Waals surface area contributed by atoms with E-state index in [-0.39, 0.29) is 5.41 Å². The molecule has 2 heteroatoms. The predicted molar refractivity (Wildman–Crippen MR) is 128 cm³/mol. The number of hydrogen-bond acceptors (Lipinski definition) is 2. The molecule has 148 valence electrons. The Kier molecular flexibility index (Phi) is 4.36. The van der Waals surface area contributed by atoms with Gasteiger partial charge in [-0.3, -0.25) is 0 Å². The highest BCUT2D eigenvalue weighted by Gasteiger charge is 2.13. The van der Waals surface area contributed by atoms with Gasteiger partial charge in [-0.15, -0.1) is 0 Å². The van der Waals surface area contributed by atoms with Crippen LogP contribution in [0.15, 0.2) is 95.4 Å². The fourth-order valence-corrected chi connectivity index (χ4v) is 3.89. The van der Waals surface area contributed by atoms with E-state index < -0.39 is 0 Å². The predicted octanol–water partition coefficient (Wildman–Crippen LogP) is 8.29. The van der Waals surface area contributed by atoms with E-state index >= 15 is 0 Å². The van der Waals surface area contributed by atoms with Crippen molar-refractivity contribution in [1.29, 1.82) is 0 Å². The van der Waals surface area contributed by atoms with Gasteiger partial charge in [-0.1, -0.05) is 69.3 Å². The van der Waals surface area contributed by atoms with Gasteiger partial charge in [0.05, 0.1) is 0 Å². The molecule has 0 amide bonds. The van der Waals surface area contributed by atoms with E-state index in [1.807, 2.05) is 6.07 Å². The zero-order valence-electron chi connectivity index (χ0n) is 17.6. The Hall–Kier alpha value is -3.52. The molecule has 0 radical (unpaired) electrons. The highest BCUT2D eigenvalue weighted by molar-refractivity contribution is 6.07. The van der Waals surface area contributed by atoms with Crippen molar-refractivity contribution in [3.05, 3.63) is 96.6 Å². The third kappa shape index (κ3) is 3.46. The Labute approximate surface area is 177 Å². The van der Waals surface area contributed by atoms with Crippen molar-refractivity contribution < 1.29 is 4.42 Å². The van der Waals surface area contributed by atoms with Crippen LogP contribution < -0.4 is 5.32 Å². The quantitative estimate of drug-likeness (QED) is 0.334. The maximum atomic E-state index is 6.15. The van der Waals surface area contributed by atoms with Gasteiger partial charge in [-0.2, -0.15) is 0 Å². The molecule has 0 spiro atoms. The molecular weight excluding hydrogens is 366 g/mol. The van der Waals surface area contributed by atoms with Crippen molar-refractivity contribution in [2.24, 2.45) is 0 Å². The summed E-state index contributed by atoms with van der Waals surface area (Å²) in [7, 11) is 0. The molecule has 1 N–H and O–H groups in total. The minimum Gasteiger partial charge on any atom is -0.456 e. The number of anilines is 2. The third-order valence-electron chi connectivity index (χ3n) is 5.62. The molecule has 4 aromatic carbocycles. The number of benzene rings is 4. The van der Waals surface area contributed by atoms with Crippen molar-refractivity contribution >= 4 is 33.3 Å². The molecule has 2 nitrogen and oxygen atoms in total. The summed E-state index contributed by atoms with van der Waals surface area (Å²) in [6, 6.07) is 31.8. The van der Waals surface area contributed by atoms with Crippen LogP contribution in [-0.4, -0.2) is 0 Å². The lowest BCUT2D eigenvalue weighted by Crippen LogP contribution is -2.10. The molecule has 5 aromatic rings. The Balaban J connectivity index is 1.48. The Bertz CT molecular complexity index is 1320. The first-order valence-corrected chi connectivity index (χ1v) is 10.4. The van der Waals surface area contributed by atoms with Crippen LogP contribution in [0, 0.1) is 0 Å². The molecule has 0 bridgehead atoms. The van der Waals surface area contributed by atoms with E-state index in [1.54, 1.807) is 0 Å². The summed E-state index contributed by atoms with van der Waals surface area (Å²) >= 11 is 0. The number of rotatable bonds is 3. The molecule has 1 aromatic heterocycles. The second-order valence-corrected chi connectivity index (χ2v) is 8.84.